The zero-order chi connectivity index (χ0) is 8.27. The number of allylic oxidation sites excluding steroid dienone is 1. The van der Waals surface area contributed by atoms with Crippen LogP contribution >= 0.6 is 15.9 Å². The zero-order valence-corrected chi connectivity index (χ0v) is 8.13. The van der Waals surface area contributed by atoms with Crippen molar-refractivity contribution in [2.75, 3.05) is 5.33 Å². The second kappa shape index (κ2) is 3.72. The number of nitrogens with zero attached hydrogens (tertiary/aromatic N) is 2. The average Bonchev–Trinajstić information content (AvgIpc) is 2.37. The Kier molecular flexibility index (Phi) is 2.88. The smallest absolute Gasteiger partial charge is 0.105 e. The molecule has 11 heavy (non-hydrogen) atoms. The molecule has 1 rings (SSSR count). The minimum absolute atomic E-state index is 0.852. The largest absolute Gasteiger partial charge is 0.331 e. The maximum absolute atomic E-state index is 4.11. The fourth-order valence-electron chi connectivity index (χ4n) is 0.854. The van der Waals surface area contributed by atoms with Gasteiger partial charge in [-0.25, -0.2) is 4.98 Å². The highest BCUT2D eigenvalue weighted by atomic mass is 79.9. The molecule has 0 saturated carbocycles. The molecule has 1 heterocycles. The summed E-state index contributed by atoms with van der Waals surface area (Å²) in [5.41, 5.74) is 1.16. The Morgan fingerprint density at radius 3 is 3.00 bits per heavy atom. The first kappa shape index (κ1) is 8.53. The van der Waals surface area contributed by atoms with E-state index in [-0.39, 0.29) is 0 Å². The molecule has 0 aliphatic carbocycles. The lowest BCUT2D eigenvalue weighted by Crippen LogP contribution is -2.01. The lowest BCUT2D eigenvalue weighted by Gasteiger charge is -2.04. The van der Waals surface area contributed by atoms with E-state index in [1.807, 2.05) is 13.1 Å². The minimum atomic E-state index is 0.852. The van der Waals surface area contributed by atoms with Gasteiger partial charge in [-0.2, -0.15) is 0 Å². The van der Waals surface area contributed by atoms with Crippen molar-refractivity contribution in [1.82, 2.24) is 9.55 Å². The molecule has 3 heteroatoms. The number of aromatic nitrogens is 2. The van der Waals surface area contributed by atoms with Gasteiger partial charge in [0.25, 0.3) is 0 Å². The fourth-order valence-corrected chi connectivity index (χ4v) is 1.03. The number of hydrogen-bond acceptors (Lipinski definition) is 1. The van der Waals surface area contributed by atoms with Crippen LogP contribution in [0.5, 0.6) is 0 Å². The summed E-state index contributed by atoms with van der Waals surface area (Å²) in [5, 5.41) is 0.852. The summed E-state index contributed by atoms with van der Waals surface area (Å²) in [5.74, 6) is 1.03. The van der Waals surface area contributed by atoms with Crippen LogP contribution in [0.25, 0.3) is 0 Å². The first-order valence-corrected chi connectivity index (χ1v) is 4.56. The Balaban J connectivity index is 2.64. The second-order valence-electron chi connectivity index (χ2n) is 2.49. The molecule has 0 atom stereocenters. The molecule has 0 radical (unpaired) electrons. The molecule has 60 valence electrons. The van der Waals surface area contributed by atoms with Crippen LogP contribution in [-0.2, 0) is 6.54 Å². The highest BCUT2D eigenvalue weighted by Crippen LogP contribution is 2.03. The third kappa shape index (κ3) is 2.19. The second-order valence-corrected chi connectivity index (χ2v) is 3.05. The lowest BCUT2D eigenvalue weighted by atomic mass is 10.3. The quantitative estimate of drug-likeness (QED) is 0.558. The Hall–Kier alpha value is -0.570. The fraction of sp³-hybridized carbons (Fsp3) is 0.375. The van der Waals surface area contributed by atoms with Gasteiger partial charge in [-0.3, -0.25) is 0 Å². The van der Waals surface area contributed by atoms with Gasteiger partial charge in [0.2, 0.25) is 0 Å². The molecule has 0 N–H and O–H groups in total. The van der Waals surface area contributed by atoms with Crippen molar-refractivity contribution in [2.45, 2.75) is 13.5 Å². The summed E-state index contributed by atoms with van der Waals surface area (Å²) in [6.07, 6.45) is 3.76. The monoisotopic (exact) mass is 214 g/mol. The molecule has 0 aromatic carbocycles. The van der Waals surface area contributed by atoms with Gasteiger partial charge in [0, 0.05) is 24.3 Å². The van der Waals surface area contributed by atoms with E-state index in [9.17, 15) is 0 Å². The maximum atomic E-state index is 4.11. The van der Waals surface area contributed by atoms with Crippen LogP contribution in [0.2, 0.25) is 0 Å². The SMILES string of the molecule is C=C(CBr)Cn1ccnc1C. The summed E-state index contributed by atoms with van der Waals surface area (Å²) in [6.45, 7) is 6.74. The van der Waals surface area contributed by atoms with E-state index >= 15 is 0 Å². The van der Waals surface area contributed by atoms with Crippen LogP contribution in [0.15, 0.2) is 24.5 Å². The van der Waals surface area contributed by atoms with E-state index < -0.39 is 0 Å². The Labute approximate surface area is 75.1 Å². The predicted molar refractivity (Wildman–Crippen MR) is 49.9 cm³/mol. The third-order valence-corrected chi connectivity index (χ3v) is 2.30. The van der Waals surface area contributed by atoms with Gasteiger partial charge in [0.1, 0.15) is 5.82 Å². The van der Waals surface area contributed by atoms with Crippen LogP contribution in [-0.4, -0.2) is 14.9 Å². The summed E-state index contributed by atoms with van der Waals surface area (Å²) in [6, 6.07) is 0. The highest BCUT2D eigenvalue weighted by Gasteiger charge is 1.97. The molecule has 0 aliphatic rings. The van der Waals surface area contributed by atoms with Gasteiger partial charge >= 0.3 is 0 Å². The third-order valence-electron chi connectivity index (χ3n) is 1.51. The van der Waals surface area contributed by atoms with Crippen molar-refractivity contribution in [3.05, 3.63) is 30.4 Å². The standard InChI is InChI=1S/C8H11BrN2/c1-7(5-9)6-11-4-3-10-8(11)2/h3-4H,1,5-6H2,2H3. The predicted octanol–water partition coefficient (Wildman–Crippen LogP) is 2.14. The number of hydrogen-bond donors (Lipinski definition) is 0. The van der Waals surface area contributed by atoms with Gasteiger partial charge in [0.05, 0.1) is 0 Å². The Bertz CT molecular complexity index is 252. The number of aryl methyl sites for hydroxylation is 1. The highest BCUT2D eigenvalue weighted by molar-refractivity contribution is 9.09. The molecular formula is C8H11BrN2. The molecule has 0 unspecified atom stereocenters. The Morgan fingerprint density at radius 2 is 2.55 bits per heavy atom. The van der Waals surface area contributed by atoms with Crippen LogP contribution in [0, 0.1) is 6.92 Å². The Morgan fingerprint density at radius 1 is 1.82 bits per heavy atom. The molecule has 0 amide bonds. The number of halogens is 1. The number of imidazole rings is 1. The van der Waals surface area contributed by atoms with Crippen molar-refractivity contribution >= 4 is 15.9 Å². The van der Waals surface area contributed by atoms with Crippen molar-refractivity contribution in [1.29, 1.82) is 0 Å². The number of rotatable bonds is 3. The molecule has 0 saturated heterocycles. The molecular weight excluding hydrogens is 204 g/mol. The molecule has 1 aromatic heterocycles. The van der Waals surface area contributed by atoms with Crippen LogP contribution in [0.4, 0.5) is 0 Å². The summed E-state index contributed by atoms with van der Waals surface area (Å²) >= 11 is 3.35. The first-order valence-electron chi connectivity index (χ1n) is 3.44. The van der Waals surface area contributed by atoms with Gasteiger partial charge in [-0.05, 0) is 12.5 Å². The molecule has 1 aromatic rings. The van der Waals surface area contributed by atoms with Gasteiger partial charge in [0.15, 0.2) is 0 Å². The van der Waals surface area contributed by atoms with Crippen LogP contribution < -0.4 is 0 Å². The topological polar surface area (TPSA) is 17.8 Å². The van der Waals surface area contributed by atoms with E-state index in [1.54, 1.807) is 6.20 Å². The van der Waals surface area contributed by atoms with E-state index in [4.69, 9.17) is 0 Å². The van der Waals surface area contributed by atoms with Crippen molar-refractivity contribution in [3.8, 4) is 0 Å². The van der Waals surface area contributed by atoms with E-state index in [0.717, 1.165) is 23.3 Å². The van der Waals surface area contributed by atoms with Gasteiger partial charge in [-0.15, -0.1) is 0 Å². The van der Waals surface area contributed by atoms with Crippen molar-refractivity contribution < 1.29 is 0 Å². The molecule has 0 spiro atoms. The molecule has 0 aliphatic heterocycles. The summed E-state index contributed by atoms with van der Waals surface area (Å²) in [7, 11) is 0. The minimum Gasteiger partial charge on any atom is -0.331 e. The van der Waals surface area contributed by atoms with Gasteiger partial charge < -0.3 is 4.57 Å². The van der Waals surface area contributed by atoms with E-state index in [0.29, 0.717) is 0 Å². The van der Waals surface area contributed by atoms with Gasteiger partial charge in [-0.1, -0.05) is 22.5 Å². The van der Waals surface area contributed by atoms with E-state index in [1.165, 1.54) is 0 Å². The van der Waals surface area contributed by atoms with Crippen LogP contribution in [0.1, 0.15) is 5.82 Å². The summed E-state index contributed by atoms with van der Waals surface area (Å²) in [4.78, 5) is 4.11. The maximum Gasteiger partial charge on any atom is 0.105 e. The van der Waals surface area contributed by atoms with Crippen LogP contribution in [0.3, 0.4) is 0 Å². The van der Waals surface area contributed by atoms with Crippen molar-refractivity contribution in [3.63, 3.8) is 0 Å². The normalized spacial score (nSPS) is 10.0. The molecule has 0 bridgehead atoms. The summed E-state index contributed by atoms with van der Waals surface area (Å²) < 4.78 is 2.07. The lowest BCUT2D eigenvalue weighted by molar-refractivity contribution is 0.754. The molecule has 2 nitrogen and oxygen atoms in total. The number of alkyl halides is 1. The first-order chi connectivity index (χ1) is 5.24. The molecule has 0 fully saturated rings. The zero-order valence-electron chi connectivity index (χ0n) is 6.55. The van der Waals surface area contributed by atoms with E-state index in [2.05, 4.69) is 32.1 Å². The van der Waals surface area contributed by atoms with Crippen molar-refractivity contribution in [2.24, 2.45) is 0 Å². The average molecular weight is 215 g/mol.